The fourth-order valence-electron chi connectivity index (χ4n) is 0.521. The highest BCUT2D eigenvalue weighted by atomic mass is 32.1. The Morgan fingerprint density at radius 1 is 1.43 bits per heavy atom. The molecule has 0 amide bonds. The second-order valence-electron chi connectivity index (χ2n) is 2.28. The van der Waals surface area contributed by atoms with Crippen LogP contribution in [0, 0.1) is 0 Å². The molecule has 0 rings (SSSR count). The molecular weight excluding hydrogens is 219 g/mol. The molecule has 0 aromatic heterocycles. The molecule has 8 heteroatoms. The van der Waals surface area contributed by atoms with Crippen LogP contribution in [0.2, 0.25) is 0 Å². The van der Waals surface area contributed by atoms with Gasteiger partial charge in [0.15, 0.2) is 10.9 Å². The molecule has 0 aliphatic rings. The monoisotopic (exact) mass is 227 g/mol. The number of allylic oxidation sites excluding steroid dienone is 2. The third-order valence-corrected chi connectivity index (χ3v) is 1.08. The fourth-order valence-corrected chi connectivity index (χ4v) is 0.572. The first kappa shape index (κ1) is 12.7. The number of alkyl halides is 3. The summed E-state index contributed by atoms with van der Waals surface area (Å²) in [6, 6.07) is 0. The van der Waals surface area contributed by atoms with Crippen molar-refractivity contribution in [1.82, 2.24) is 10.9 Å². The van der Waals surface area contributed by atoms with Gasteiger partial charge in [-0.15, -0.1) is 0 Å². The summed E-state index contributed by atoms with van der Waals surface area (Å²) in [4.78, 5) is 10.4. The van der Waals surface area contributed by atoms with E-state index in [1.807, 2.05) is 5.43 Å². The number of nitrogens with one attached hydrogen (secondary N) is 2. The van der Waals surface area contributed by atoms with E-state index >= 15 is 0 Å². The number of hydrogen-bond acceptors (Lipinski definition) is 3. The standard InChI is InChI=1S/C6H8F3N3OS/c1-3(13)2-4(6(7,8)9)11-12-5(10)14/h2,11H,1H3,(H3,10,12,14). The SMILES string of the molecule is CC(=O)C=C(NNC(N)=S)C(F)(F)F. The van der Waals surface area contributed by atoms with Gasteiger partial charge in [-0.3, -0.25) is 15.6 Å². The Morgan fingerprint density at radius 3 is 2.21 bits per heavy atom. The van der Waals surface area contributed by atoms with Crippen molar-refractivity contribution in [2.75, 3.05) is 0 Å². The van der Waals surface area contributed by atoms with Crippen LogP contribution in [0.4, 0.5) is 13.2 Å². The molecule has 4 N–H and O–H groups in total. The van der Waals surface area contributed by atoms with E-state index in [1.54, 1.807) is 5.43 Å². The van der Waals surface area contributed by atoms with Crippen molar-refractivity contribution in [3.8, 4) is 0 Å². The number of hydrazine groups is 1. The molecule has 0 bridgehead atoms. The van der Waals surface area contributed by atoms with Crippen molar-refractivity contribution in [3.63, 3.8) is 0 Å². The molecule has 14 heavy (non-hydrogen) atoms. The van der Waals surface area contributed by atoms with Crippen molar-refractivity contribution >= 4 is 23.1 Å². The summed E-state index contributed by atoms with van der Waals surface area (Å²) >= 11 is 4.28. The minimum Gasteiger partial charge on any atom is -0.375 e. The van der Waals surface area contributed by atoms with E-state index in [0.717, 1.165) is 6.92 Å². The van der Waals surface area contributed by atoms with Gasteiger partial charge in [0.2, 0.25) is 0 Å². The maximum atomic E-state index is 12.1. The van der Waals surface area contributed by atoms with E-state index in [0.29, 0.717) is 6.08 Å². The van der Waals surface area contributed by atoms with Gasteiger partial charge in [-0.1, -0.05) is 0 Å². The zero-order valence-electron chi connectivity index (χ0n) is 7.11. The molecule has 0 aromatic carbocycles. The van der Waals surface area contributed by atoms with Crippen molar-refractivity contribution in [2.24, 2.45) is 5.73 Å². The van der Waals surface area contributed by atoms with E-state index in [-0.39, 0.29) is 5.11 Å². The minimum absolute atomic E-state index is 0.358. The van der Waals surface area contributed by atoms with E-state index in [1.165, 1.54) is 0 Å². The van der Waals surface area contributed by atoms with Crippen LogP contribution in [-0.4, -0.2) is 17.1 Å². The first-order valence-corrected chi connectivity index (χ1v) is 3.75. The number of nitrogens with two attached hydrogens (primary N) is 1. The zero-order chi connectivity index (χ0) is 11.4. The van der Waals surface area contributed by atoms with Gasteiger partial charge in [0.25, 0.3) is 0 Å². The lowest BCUT2D eigenvalue weighted by molar-refractivity contribution is -0.115. The molecule has 0 aliphatic heterocycles. The van der Waals surface area contributed by atoms with Gasteiger partial charge in [0, 0.05) is 6.08 Å². The summed E-state index contributed by atoms with van der Waals surface area (Å²) < 4.78 is 36.4. The van der Waals surface area contributed by atoms with Crippen LogP contribution in [0.5, 0.6) is 0 Å². The number of hydrogen-bond donors (Lipinski definition) is 3. The summed E-state index contributed by atoms with van der Waals surface area (Å²) in [5.41, 5.74) is 7.21. The van der Waals surface area contributed by atoms with Crippen molar-refractivity contribution < 1.29 is 18.0 Å². The lowest BCUT2D eigenvalue weighted by Crippen LogP contribution is -2.43. The maximum Gasteiger partial charge on any atom is 0.432 e. The molecule has 4 nitrogen and oxygen atoms in total. The smallest absolute Gasteiger partial charge is 0.375 e. The van der Waals surface area contributed by atoms with Gasteiger partial charge in [0.05, 0.1) is 0 Å². The first-order valence-electron chi connectivity index (χ1n) is 3.34. The van der Waals surface area contributed by atoms with E-state index in [9.17, 15) is 18.0 Å². The van der Waals surface area contributed by atoms with Crippen LogP contribution in [-0.2, 0) is 4.79 Å². The van der Waals surface area contributed by atoms with Crippen LogP contribution in [0.3, 0.4) is 0 Å². The highest BCUT2D eigenvalue weighted by Gasteiger charge is 2.34. The molecule has 0 saturated heterocycles. The number of rotatable bonds is 3. The largest absolute Gasteiger partial charge is 0.432 e. The van der Waals surface area contributed by atoms with Crippen LogP contribution in [0.25, 0.3) is 0 Å². The molecule has 0 unspecified atom stereocenters. The Hall–Kier alpha value is -1.31. The van der Waals surface area contributed by atoms with E-state index in [2.05, 4.69) is 12.2 Å². The Labute approximate surface area is 83.3 Å². The summed E-state index contributed by atoms with van der Waals surface area (Å²) in [6.45, 7) is 0.994. The molecular formula is C6H8F3N3OS. The number of thiocarbonyl (C=S) groups is 1. The molecule has 0 aliphatic carbocycles. The molecule has 0 saturated carbocycles. The normalized spacial score (nSPS) is 12.1. The van der Waals surface area contributed by atoms with Gasteiger partial charge in [0.1, 0.15) is 5.70 Å². The van der Waals surface area contributed by atoms with Crippen molar-refractivity contribution in [3.05, 3.63) is 11.8 Å². The zero-order valence-corrected chi connectivity index (χ0v) is 7.92. The molecule has 0 aromatic rings. The van der Waals surface area contributed by atoms with Gasteiger partial charge in [-0.2, -0.15) is 13.2 Å². The van der Waals surface area contributed by atoms with E-state index < -0.39 is 17.7 Å². The summed E-state index contributed by atoms with van der Waals surface area (Å²) in [6.07, 6.45) is -4.27. The number of halogens is 3. The molecule has 0 atom stereocenters. The topological polar surface area (TPSA) is 67.2 Å². The number of ketones is 1. The molecule has 80 valence electrons. The quantitative estimate of drug-likeness (QED) is 0.369. The number of carbonyl (C=O) groups excluding carboxylic acids is 1. The first-order chi connectivity index (χ1) is 6.23. The lowest BCUT2D eigenvalue weighted by atomic mass is 10.3. The predicted octanol–water partition coefficient (Wildman–Crippen LogP) is 0.359. The minimum atomic E-state index is -4.66. The van der Waals surface area contributed by atoms with Crippen LogP contribution >= 0.6 is 12.2 Å². The van der Waals surface area contributed by atoms with Gasteiger partial charge < -0.3 is 5.73 Å². The average Bonchev–Trinajstić information content (AvgIpc) is 1.94. The Kier molecular flexibility index (Phi) is 4.35. The van der Waals surface area contributed by atoms with Gasteiger partial charge in [-0.05, 0) is 19.1 Å². The molecule has 0 heterocycles. The molecule has 0 spiro atoms. The fraction of sp³-hybridized carbons (Fsp3) is 0.333. The van der Waals surface area contributed by atoms with Crippen molar-refractivity contribution in [2.45, 2.75) is 13.1 Å². The Balaban J connectivity index is 4.59. The third-order valence-electron chi connectivity index (χ3n) is 0.973. The van der Waals surface area contributed by atoms with Crippen LogP contribution in [0.15, 0.2) is 11.8 Å². The average molecular weight is 227 g/mol. The van der Waals surface area contributed by atoms with Crippen LogP contribution in [0.1, 0.15) is 6.92 Å². The summed E-state index contributed by atoms with van der Waals surface area (Å²) in [5.74, 6) is -0.741. The summed E-state index contributed by atoms with van der Waals surface area (Å²) in [5, 5.41) is -0.358. The third kappa shape index (κ3) is 5.36. The lowest BCUT2D eigenvalue weighted by Gasteiger charge is -2.14. The number of carbonyl (C=O) groups is 1. The van der Waals surface area contributed by atoms with Gasteiger partial charge >= 0.3 is 6.18 Å². The summed E-state index contributed by atoms with van der Waals surface area (Å²) in [7, 11) is 0. The molecule has 0 radical (unpaired) electrons. The van der Waals surface area contributed by atoms with E-state index in [4.69, 9.17) is 5.73 Å². The van der Waals surface area contributed by atoms with Crippen molar-refractivity contribution in [1.29, 1.82) is 0 Å². The molecule has 0 fully saturated rings. The van der Waals surface area contributed by atoms with Gasteiger partial charge in [-0.25, -0.2) is 0 Å². The Bertz CT molecular complexity index is 274. The second kappa shape index (κ2) is 4.80. The second-order valence-corrected chi connectivity index (χ2v) is 2.72. The predicted molar refractivity (Wildman–Crippen MR) is 47.9 cm³/mol. The van der Waals surface area contributed by atoms with Crippen LogP contribution < -0.4 is 16.6 Å². The highest BCUT2D eigenvalue weighted by Crippen LogP contribution is 2.22. The maximum absolute atomic E-state index is 12.1. The Morgan fingerprint density at radius 2 is 1.93 bits per heavy atom. The highest BCUT2D eigenvalue weighted by molar-refractivity contribution is 7.80.